The van der Waals surface area contributed by atoms with Crippen LogP contribution >= 0.6 is 0 Å². The molecule has 3 heteroatoms. The van der Waals surface area contributed by atoms with Crippen LogP contribution in [0, 0.1) is 13.8 Å². The largest absolute Gasteiger partial charge is 0.466 e. The molecule has 0 aromatic heterocycles. The first-order chi connectivity index (χ1) is 7.51. The molecule has 0 heterocycles. The zero-order valence-electron chi connectivity index (χ0n) is 10.1. The lowest BCUT2D eigenvalue weighted by molar-refractivity contribution is -0.134. The molecule has 1 N–H and O–H groups in total. The minimum Gasteiger partial charge on any atom is -0.466 e. The maximum Gasteiger partial charge on any atom is 0.332 e. The lowest BCUT2D eigenvalue weighted by Crippen LogP contribution is -2.02. The molecule has 3 nitrogen and oxygen atoms in total. The predicted octanol–water partition coefficient (Wildman–Crippen LogP) is 2.79. The molecular formula is C13H17NO2. The van der Waals surface area contributed by atoms with Gasteiger partial charge in [0.2, 0.25) is 0 Å². The smallest absolute Gasteiger partial charge is 0.332 e. The zero-order chi connectivity index (χ0) is 12.1. The number of methoxy groups -OCH3 is 1. The van der Waals surface area contributed by atoms with Crippen molar-refractivity contribution in [1.29, 1.82) is 0 Å². The normalized spacial score (nSPS) is 11.1. The summed E-state index contributed by atoms with van der Waals surface area (Å²) < 4.78 is 4.55. The van der Waals surface area contributed by atoms with E-state index in [-0.39, 0.29) is 5.97 Å². The van der Waals surface area contributed by atoms with Gasteiger partial charge in [-0.3, -0.25) is 0 Å². The summed E-state index contributed by atoms with van der Waals surface area (Å²) in [4.78, 5) is 11.0. The van der Waals surface area contributed by atoms with Gasteiger partial charge in [0.25, 0.3) is 0 Å². The Balaban J connectivity index is 2.80. The molecule has 0 saturated heterocycles. The Morgan fingerprint density at radius 2 is 1.81 bits per heavy atom. The molecule has 0 radical (unpaired) electrons. The fourth-order valence-electron chi connectivity index (χ4n) is 1.55. The molecule has 1 aromatic rings. The first-order valence-corrected chi connectivity index (χ1v) is 5.13. The lowest BCUT2D eigenvalue weighted by atomic mass is 10.1. The van der Waals surface area contributed by atoms with Gasteiger partial charge in [0, 0.05) is 17.5 Å². The van der Waals surface area contributed by atoms with Crippen LogP contribution in [0.4, 0.5) is 5.69 Å². The molecule has 0 amide bonds. The van der Waals surface area contributed by atoms with Crippen LogP contribution in [0.15, 0.2) is 30.0 Å². The summed E-state index contributed by atoms with van der Waals surface area (Å²) in [6, 6.07) is 6.16. The minimum atomic E-state index is -0.352. The SMILES string of the molecule is COC(=O)/C=C(/C)Nc1cc(C)cc(C)c1. The van der Waals surface area contributed by atoms with Gasteiger partial charge in [-0.1, -0.05) is 6.07 Å². The molecule has 0 fully saturated rings. The first-order valence-electron chi connectivity index (χ1n) is 5.13. The second-order valence-electron chi connectivity index (χ2n) is 3.85. The number of esters is 1. The summed E-state index contributed by atoms with van der Waals surface area (Å²) in [5, 5.41) is 3.15. The van der Waals surface area contributed by atoms with E-state index >= 15 is 0 Å². The van der Waals surface area contributed by atoms with Crippen LogP contribution in [-0.2, 0) is 9.53 Å². The predicted molar refractivity (Wildman–Crippen MR) is 65.3 cm³/mol. The van der Waals surface area contributed by atoms with Crippen LogP contribution < -0.4 is 5.32 Å². The van der Waals surface area contributed by atoms with Gasteiger partial charge in [-0.2, -0.15) is 0 Å². The van der Waals surface area contributed by atoms with E-state index in [9.17, 15) is 4.79 Å². The number of allylic oxidation sites excluding steroid dienone is 1. The monoisotopic (exact) mass is 219 g/mol. The molecule has 86 valence electrons. The van der Waals surface area contributed by atoms with E-state index in [0.29, 0.717) is 0 Å². The highest BCUT2D eigenvalue weighted by Gasteiger charge is 1.99. The fraction of sp³-hybridized carbons (Fsp3) is 0.308. The van der Waals surface area contributed by atoms with Gasteiger partial charge < -0.3 is 10.1 Å². The van der Waals surface area contributed by atoms with Gasteiger partial charge in [0.1, 0.15) is 0 Å². The van der Waals surface area contributed by atoms with Gasteiger partial charge in [0.15, 0.2) is 0 Å². The lowest BCUT2D eigenvalue weighted by Gasteiger charge is -2.08. The topological polar surface area (TPSA) is 38.3 Å². The molecule has 0 atom stereocenters. The highest BCUT2D eigenvalue weighted by atomic mass is 16.5. The number of hydrogen-bond acceptors (Lipinski definition) is 3. The summed E-state index contributed by atoms with van der Waals surface area (Å²) in [6.45, 7) is 5.91. The summed E-state index contributed by atoms with van der Waals surface area (Å²) >= 11 is 0. The average molecular weight is 219 g/mol. The van der Waals surface area contributed by atoms with E-state index in [1.807, 2.05) is 32.9 Å². The van der Waals surface area contributed by atoms with Crippen LogP contribution in [0.2, 0.25) is 0 Å². The van der Waals surface area contributed by atoms with Crippen molar-refractivity contribution in [2.75, 3.05) is 12.4 Å². The summed E-state index contributed by atoms with van der Waals surface area (Å²) in [5.74, 6) is -0.352. The molecule has 1 aromatic carbocycles. The Morgan fingerprint density at radius 3 is 2.31 bits per heavy atom. The van der Waals surface area contributed by atoms with Crippen LogP contribution in [0.5, 0.6) is 0 Å². The quantitative estimate of drug-likeness (QED) is 0.627. The van der Waals surface area contributed by atoms with Crippen LogP contribution in [-0.4, -0.2) is 13.1 Å². The molecule has 0 spiro atoms. The molecule has 1 rings (SSSR count). The van der Waals surface area contributed by atoms with Crippen molar-refractivity contribution in [3.05, 3.63) is 41.1 Å². The summed E-state index contributed by atoms with van der Waals surface area (Å²) in [7, 11) is 1.36. The van der Waals surface area contributed by atoms with Crippen molar-refractivity contribution in [2.24, 2.45) is 0 Å². The van der Waals surface area contributed by atoms with Crippen molar-refractivity contribution < 1.29 is 9.53 Å². The summed E-state index contributed by atoms with van der Waals surface area (Å²) in [6.07, 6.45) is 1.43. The minimum absolute atomic E-state index is 0.352. The number of anilines is 1. The van der Waals surface area contributed by atoms with Gasteiger partial charge in [-0.05, 0) is 44.0 Å². The van der Waals surface area contributed by atoms with Gasteiger partial charge >= 0.3 is 5.97 Å². The Bertz CT molecular complexity index is 402. The molecule has 0 saturated carbocycles. The third kappa shape index (κ3) is 3.77. The average Bonchev–Trinajstić information content (AvgIpc) is 2.15. The number of carbonyl (C=O) groups excluding carboxylic acids is 1. The van der Waals surface area contributed by atoms with Crippen LogP contribution in [0.25, 0.3) is 0 Å². The van der Waals surface area contributed by atoms with Crippen LogP contribution in [0.3, 0.4) is 0 Å². The summed E-state index contributed by atoms with van der Waals surface area (Å²) in [5.41, 5.74) is 4.12. The number of carbonyl (C=O) groups is 1. The molecule has 0 bridgehead atoms. The standard InChI is InChI=1S/C13H17NO2/c1-9-5-10(2)7-12(6-9)14-11(3)8-13(15)16-4/h5-8,14H,1-4H3/b11-8-. The van der Waals surface area contributed by atoms with Crippen molar-refractivity contribution in [3.63, 3.8) is 0 Å². The maximum atomic E-state index is 11.0. The molecule has 16 heavy (non-hydrogen) atoms. The Kier molecular flexibility index (Phi) is 4.11. The highest BCUT2D eigenvalue weighted by molar-refractivity contribution is 5.83. The third-order valence-corrected chi connectivity index (χ3v) is 2.10. The molecule has 0 aliphatic carbocycles. The molecule has 0 aliphatic heterocycles. The second kappa shape index (κ2) is 5.35. The van der Waals surface area contributed by atoms with Gasteiger partial charge in [-0.25, -0.2) is 4.79 Å². The number of hydrogen-bond donors (Lipinski definition) is 1. The number of aryl methyl sites for hydroxylation is 2. The van der Waals surface area contributed by atoms with Crippen molar-refractivity contribution >= 4 is 11.7 Å². The van der Waals surface area contributed by atoms with Crippen molar-refractivity contribution in [2.45, 2.75) is 20.8 Å². The molecule has 0 unspecified atom stereocenters. The van der Waals surface area contributed by atoms with E-state index in [1.165, 1.54) is 24.3 Å². The number of nitrogens with one attached hydrogen (secondary N) is 1. The van der Waals surface area contributed by atoms with E-state index in [1.54, 1.807) is 0 Å². The van der Waals surface area contributed by atoms with E-state index in [0.717, 1.165) is 11.4 Å². The van der Waals surface area contributed by atoms with E-state index in [4.69, 9.17) is 0 Å². The first kappa shape index (κ1) is 12.3. The van der Waals surface area contributed by atoms with Crippen molar-refractivity contribution in [3.8, 4) is 0 Å². The van der Waals surface area contributed by atoms with E-state index < -0.39 is 0 Å². The van der Waals surface area contributed by atoms with Gasteiger partial charge in [0.05, 0.1) is 7.11 Å². The Morgan fingerprint density at radius 1 is 1.25 bits per heavy atom. The number of ether oxygens (including phenoxy) is 1. The fourth-order valence-corrected chi connectivity index (χ4v) is 1.55. The Labute approximate surface area is 96.1 Å². The van der Waals surface area contributed by atoms with Crippen LogP contribution in [0.1, 0.15) is 18.1 Å². The highest BCUT2D eigenvalue weighted by Crippen LogP contribution is 2.15. The zero-order valence-corrected chi connectivity index (χ0v) is 10.1. The second-order valence-corrected chi connectivity index (χ2v) is 3.85. The van der Waals surface area contributed by atoms with Gasteiger partial charge in [-0.15, -0.1) is 0 Å². The Hall–Kier alpha value is -1.77. The number of benzene rings is 1. The maximum absolute atomic E-state index is 11.0. The molecule has 0 aliphatic rings. The number of rotatable bonds is 3. The molecular weight excluding hydrogens is 202 g/mol. The van der Waals surface area contributed by atoms with Crippen molar-refractivity contribution in [1.82, 2.24) is 0 Å². The van der Waals surface area contributed by atoms with E-state index in [2.05, 4.69) is 16.1 Å². The third-order valence-electron chi connectivity index (χ3n) is 2.10.